The molecule has 2 atom stereocenters. The first-order valence-electron chi connectivity index (χ1n) is 7.37. The molecule has 2 unspecified atom stereocenters. The number of likely N-dealkylation sites (tertiary alicyclic amines) is 1. The van der Waals surface area contributed by atoms with Crippen LogP contribution in [-0.2, 0) is 11.2 Å². The number of aromatic hydroxyl groups is 1. The van der Waals surface area contributed by atoms with E-state index in [1.807, 2.05) is 19.1 Å². The second-order valence-corrected chi connectivity index (χ2v) is 6.26. The lowest BCUT2D eigenvalue weighted by atomic mass is 9.90. The molecule has 1 aromatic rings. The van der Waals surface area contributed by atoms with Crippen LogP contribution in [0, 0.1) is 5.41 Å². The van der Waals surface area contributed by atoms with Gasteiger partial charge in [0.1, 0.15) is 5.75 Å². The summed E-state index contributed by atoms with van der Waals surface area (Å²) in [7, 11) is 0. The van der Waals surface area contributed by atoms with E-state index in [1.165, 1.54) is 0 Å². The number of carbonyl (C=O) groups is 2. The Kier molecular flexibility index (Phi) is 4.59. The minimum Gasteiger partial charge on any atom is -0.508 e. The number of benzene rings is 1. The Hall–Kier alpha value is -2.24. The SMILES string of the molecule is CC(Cc1ccc(O)cc1)NC(=O)N1CCC(C)(C(=O)O)C1. The maximum atomic E-state index is 12.2. The van der Waals surface area contributed by atoms with Gasteiger partial charge in [-0.2, -0.15) is 0 Å². The van der Waals surface area contributed by atoms with Crippen molar-refractivity contribution in [1.82, 2.24) is 10.2 Å². The van der Waals surface area contributed by atoms with Gasteiger partial charge in [-0.15, -0.1) is 0 Å². The molecule has 0 aromatic heterocycles. The highest BCUT2D eigenvalue weighted by molar-refractivity contribution is 5.79. The highest BCUT2D eigenvalue weighted by Gasteiger charge is 2.42. The van der Waals surface area contributed by atoms with E-state index in [9.17, 15) is 19.8 Å². The molecule has 1 aliphatic rings. The molecule has 0 bridgehead atoms. The zero-order valence-electron chi connectivity index (χ0n) is 12.9. The fourth-order valence-corrected chi connectivity index (χ4v) is 2.65. The highest BCUT2D eigenvalue weighted by Crippen LogP contribution is 2.30. The zero-order valence-corrected chi connectivity index (χ0v) is 12.9. The number of carboxylic acid groups (broad SMARTS) is 1. The van der Waals surface area contributed by atoms with Gasteiger partial charge in [0.05, 0.1) is 5.41 Å². The summed E-state index contributed by atoms with van der Waals surface area (Å²) in [6.07, 6.45) is 1.12. The molecule has 22 heavy (non-hydrogen) atoms. The number of amides is 2. The third-order valence-corrected chi connectivity index (χ3v) is 4.12. The van der Waals surface area contributed by atoms with Crippen molar-refractivity contribution in [1.29, 1.82) is 0 Å². The van der Waals surface area contributed by atoms with Crippen LogP contribution in [0.25, 0.3) is 0 Å². The Balaban J connectivity index is 1.87. The molecular weight excluding hydrogens is 284 g/mol. The number of carbonyl (C=O) groups excluding carboxylic acids is 1. The van der Waals surface area contributed by atoms with E-state index < -0.39 is 11.4 Å². The van der Waals surface area contributed by atoms with E-state index in [1.54, 1.807) is 24.0 Å². The fraction of sp³-hybridized carbons (Fsp3) is 0.500. The number of phenols is 1. The average Bonchev–Trinajstić information content (AvgIpc) is 2.85. The summed E-state index contributed by atoms with van der Waals surface area (Å²) in [6, 6.07) is 6.56. The number of hydrogen-bond donors (Lipinski definition) is 3. The Bertz CT molecular complexity index is 558. The molecule has 1 aliphatic heterocycles. The van der Waals surface area contributed by atoms with Gasteiger partial charge < -0.3 is 20.4 Å². The van der Waals surface area contributed by atoms with Crippen molar-refractivity contribution in [2.75, 3.05) is 13.1 Å². The molecule has 0 aliphatic carbocycles. The van der Waals surface area contributed by atoms with E-state index in [2.05, 4.69) is 5.32 Å². The maximum absolute atomic E-state index is 12.2. The van der Waals surface area contributed by atoms with Gasteiger partial charge in [0, 0.05) is 19.1 Å². The van der Waals surface area contributed by atoms with Crippen LogP contribution in [0.3, 0.4) is 0 Å². The first-order valence-corrected chi connectivity index (χ1v) is 7.37. The van der Waals surface area contributed by atoms with Crippen molar-refractivity contribution < 1.29 is 19.8 Å². The third-order valence-electron chi connectivity index (χ3n) is 4.12. The quantitative estimate of drug-likeness (QED) is 0.791. The Morgan fingerprint density at radius 1 is 1.36 bits per heavy atom. The van der Waals surface area contributed by atoms with E-state index >= 15 is 0 Å². The van der Waals surface area contributed by atoms with Crippen LogP contribution in [0.4, 0.5) is 4.79 Å². The van der Waals surface area contributed by atoms with Crippen LogP contribution >= 0.6 is 0 Å². The third kappa shape index (κ3) is 3.69. The Morgan fingerprint density at radius 3 is 2.55 bits per heavy atom. The molecule has 0 saturated carbocycles. The first kappa shape index (κ1) is 16.1. The van der Waals surface area contributed by atoms with Crippen molar-refractivity contribution in [3.05, 3.63) is 29.8 Å². The number of nitrogens with zero attached hydrogens (tertiary/aromatic N) is 1. The number of aliphatic carboxylic acids is 1. The predicted octanol–water partition coefficient (Wildman–Crippen LogP) is 1.83. The number of carboxylic acids is 1. The highest BCUT2D eigenvalue weighted by atomic mass is 16.4. The molecule has 6 nitrogen and oxygen atoms in total. The molecule has 2 rings (SSSR count). The smallest absolute Gasteiger partial charge is 0.317 e. The van der Waals surface area contributed by atoms with E-state index in [4.69, 9.17) is 0 Å². The summed E-state index contributed by atoms with van der Waals surface area (Å²) in [5.41, 5.74) is 0.166. The second-order valence-electron chi connectivity index (χ2n) is 6.26. The van der Waals surface area contributed by atoms with Crippen LogP contribution < -0.4 is 5.32 Å². The van der Waals surface area contributed by atoms with Crippen LogP contribution in [0.2, 0.25) is 0 Å². The van der Waals surface area contributed by atoms with Crippen LogP contribution in [0.5, 0.6) is 5.75 Å². The molecule has 1 fully saturated rings. The molecule has 3 N–H and O–H groups in total. The monoisotopic (exact) mass is 306 g/mol. The second kappa shape index (κ2) is 6.25. The van der Waals surface area contributed by atoms with Gasteiger partial charge in [-0.1, -0.05) is 12.1 Å². The van der Waals surface area contributed by atoms with Crippen molar-refractivity contribution in [2.45, 2.75) is 32.7 Å². The van der Waals surface area contributed by atoms with E-state index in [-0.39, 0.29) is 24.4 Å². The lowest BCUT2D eigenvalue weighted by Crippen LogP contribution is -2.44. The maximum Gasteiger partial charge on any atom is 0.317 e. The van der Waals surface area contributed by atoms with E-state index in [0.717, 1.165) is 5.56 Å². The number of rotatable bonds is 4. The van der Waals surface area contributed by atoms with Crippen molar-refractivity contribution in [3.8, 4) is 5.75 Å². The van der Waals surface area contributed by atoms with Gasteiger partial charge in [0.15, 0.2) is 0 Å². The summed E-state index contributed by atoms with van der Waals surface area (Å²) < 4.78 is 0. The summed E-state index contributed by atoms with van der Waals surface area (Å²) in [5, 5.41) is 21.3. The van der Waals surface area contributed by atoms with Gasteiger partial charge in [0.2, 0.25) is 0 Å². The fourth-order valence-electron chi connectivity index (χ4n) is 2.65. The normalized spacial score (nSPS) is 22.4. The zero-order chi connectivity index (χ0) is 16.3. The van der Waals surface area contributed by atoms with Gasteiger partial charge in [-0.05, 0) is 44.4 Å². The molecule has 1 saturated heterocycles. The Morgan fingerprint density at radius 2 is 2.00 bits per heavy atom. The topological polar surface area (TPSA) is 89.9 Å². The molecule has 1 aromatic carbocycles. The summed E-state index contributed by atoms with van der Waals surface area (Å²) >= 11 is 0. The molecule has 0 radical (unpaired) electrons. The average molecular weight is 306 g/mol. The van der Waals surface area contributed by atoms with Crippen molar-refractivity contribution in [2.24, 2.45) is 5.41 Å². The van der Waals surface area contributed by atoms with Crippen molar-refractivity contribution in [3.63, 3.8) is 0 Å². The van der Waals surface area contributed by atoms with Crippen molar-refractivity contribution >= 4 is 12.0 Å². The van der Waals surface area contributed by atoms with Gasteiger partial charge in [0.25, 0.3) is 0 Å². The largest absolute Gasteiger partial charge is 0.508 e. The van der Waals surface area contributed by atoms with Gasteiger partial charge >= 0.3 is 12.0 Å². The molecule has 2 amide bonds. The number of urea groups is 1. The van der Waals surface area contributed by atoms with Crippen LogP contribution in [0.15, 0.2) is 24.3 Å². The van der Waals surface area contributed by atoms with Gasteiger partial charge in [-0.25, -0.2) is 4.79 Å². The molecule has 120 valence electrons. The number of phenolic OH excluding ortho intramolecular Hbond substituents is 1. The first-order chi connectivity index (χ1) is 10.3. The van der Waals surface area contributed by atoms with E-state index in [0.29, 0.717) is 19.4 Å². The minimum atomic E-state index is -0.861. The number of nitrogens with one attached hydrogen (secondary N) is 1. The van der Waals surface area contributed by atoms with Crippen LogP contribution in [0.1, 0.15) is 25.8 Å². The molecule has 0 spiro atoms. The lowest BCUT2D eigenvalue weighted by molar-refractivity contribution is -0.146. The van der Waals surface area contributed by atoms with Crippen LogP contribution in [-0.4, -0.2) is 46.2 Å². The summed E-state index contributed by atoms with van der Waals surface area (Å²) in [5.74, 6) is -0.648. The minimum absolute atomic E-state index is 0.0753. The summed E-state index contributed by atoms with van der Waals surface area (Å²) in [4.78, 5) is 25.0. The molecular formula is C16H22N2O4. The predicted molar refractivity (Wildman–Crippen MR) is 81.7 cm³/mol. The van der Waals surface area contributed by atoms with Gasteiger partial charge in [-0.3, -0.25) is 4.79 Å². The standard InChI is InChI=1S/C16H22N2O4/c1-11(9-12-3-5-13(19)6-4-12)17-15(22)18-8-7-16(2,10-18)14(20)21/h3-6,11,19H,7-10H2,1-2H3,(H,17,22)(H,20,21). The Labute approximate surface area is 129 Å². The number of hydrogen-bond acceptors (Lipinski definition) is 3. The molecule has 6 heteroatoms. The summed E-state index contributed by atoms with van der Waals surface area (Å²) in [6.45, 7) is 4.26. The lowest BCUT2D eigenvalue weighted by Gasteiger charge is -2.23. The molecule has 1 heterocycles.